The van der Waals surface area contributed by atoms with Crippen LogP contribution in [0.1, 0.15) is 78.1 Å². The lowest BCUT2D eigenvalue weighted by molar-refractivity contribution is -0.152. The Balaban J connectivity index is 2.12. The summed E-state index contributed by atoms with van der Waals surface area (Å²) < 4.78 is 5.16. The summed E-state index contributed by atoms with van der Waals surface area (Å²) in [6, 6.07) is 0.491. The molecule has 20 heavy (non-hydrogen) atoms. The van der Waals surface area contributed by atoms with Gasteiger partial charge in [0, 0.05) is 6.04 Å². The first-order chi connectivity index (χ1) is 9.47. The van der Waals surface area contributed by atoms with Gasteiger partial charge in [0.1, 0.15) is 5.54 Å². The van der Waals surface area contributed by atoms with E-state index in [0.717, 1.165) is 19.3 Å². The van der Waals surface area contributed by atoms with Gasteiger partial charge in [0.15, 0.2) is 0 Å². The van der Waals surface area contributed by atoms with Crippen LogP contribution in [0.5, 0.6) is 0 Å². The zero-order chi connectivity index (χ0) is 14.6. The third-order valence-corrected chi connectivity index (χ3v) is 5.15. The lowest BCUT2D eigenvalue weighted by atomic mass is 9.67. The van der Waals surface area contributed by atoms with Gasteiger partial charge < -0.3 is 4.74 Å². The van der Waals surface area contributed by atoms with Gasteiger partial charge in [0.05, 0.1) is 7.11 Å². The molecule has 0 radical (unpaired) electrons. The first-order valence-corrected chi connectivity index (χ1v) is 8.34. The number of nitrogens with one attached hydrogen (secondary N) is 1. The summed E-state index contributed by atoms with van der Waals surface area (Å²) in [5, 5.41) is 3.74. The number of carbonyl (C=O) groups is 1. The minimum atomic E-state index is -0.439. The quantitative estimate of drug-likeness (QED) is 0.631. The van der Waals surface area contributed by atoms with Crippen LogP contribution < -0.4 is 5.32 Å². The van der Waals surface area contributed by atoms with Crippen LogP contribution >= 0.6 is 0 Å². The second-order valence-electron chi connectivity index (χ2n) is 7.60. The van der Waals surface area contributed by atoms with Crippen LogP contribution in [0, 0.1) is 5.41 Å². The lowest BCUT2D eigenvalue weighted by Gasteiger charge is -2.45. The molecule has 1 atom stereocenters. The van der Waals surface area contributed by atoms with Crippen LogP contribution in [0.25, 0.3) is 0 Å². The monoisotopic (exact) mass is 281 g/mol. The van der Waals surface area contributed by atoms with E-state index in [9.17, 15) is 4.79 Å². The van der Waals surface area contributed by atoms with E-state index in [1.807, 2.05) is 0 Å². The molecular weight excluding hydrogens is 250 g/mol. The van der Waals surface area contributed by atoms with E-state index < -0.39 is 5.54 Å². The Morgan fingerprint density at radius 3 is 2.25 bits per heavy atom. The van der Waals surface area contributed by atoms with Crippen molar-refractivity contribution >= 4 is 5.97 Å². The predicted octanol–water partition coefficient (Wildman–Crippen LogP) is 3.81. The van der Waals surface area contributed by atoms with Crippen LogP contribution in [0.2, 0.25) is 0 Å². The van der Waals surface area contributed by atoms with Crippen LogP contribution in [0.4, 0.5) is 0 Å². The molecule has 2 saturated carbocycles. The highest BCUT2D eigenvalue weighted by atomic mass is 16.5. The largest absolute Gasteiger partial charge is 0.468 e. The maximum Gasteiger partial charge on any atom is 0.326 e. The number of rotatable bonds is 3. The molecule has 3 nitrogen and oxygen atoms in total. The van der Waals surface area contributed by atoms with E-state index in [-0.39, 0.29) is 11.4 Å². The van der Waals surface area contributed by atoms with E-state index in [0.29, 0.717) is 6.04 Å². The number of carbonyl (C=O) groups excluding carboxylic acids is 1. The average Bonchev–Trinajstić information content (AvgIpc) is 2.65. The molecule has 116 valence electrons. The molecule has 0 spiro atoms. The van der Waals surface area contributed by atoms with E-state index in [4.69, 9.17) is 4.74 Å². The van der Waals surface area contributed by atoms with Crippen molar-refractivity contribution < 1.29 is 9.53 Å². The molecule has 2 aliphatic carbocycles. The molecule has 2 rings (SSSR count). The molecule has 0 aliphatic heterocycles. The third kappa shape index (κ3) is 3.75. The molecule has 0 aromatic rings. The molecule has 0 amide bonds. The van der Waals surface area contributed by atoms with Gasteiger partial charge in [-0.3, -0.25) is 10.1 Å². The summed E-state index contributed by atoms with van der Waals surface area (Å²) in [7, 11) is 1.53. The minimum absolute atomic E-state index is 0.0467. The normalized spacial score (nSPS) is 31.6. The Kier molecular flexibility index (Phi) is 5.11. The Morgan fingerprint density at radius 2 is 1.70 bits per heavy atom. The van der Waals surface area contributed by atoms with Gasteiger partial charge in [-0.1, -0.05) is 46.0 Å². The summed E-state index contributed by atoms with van der Waals surface area (Å²) in [5.41, 5.74) is -0.213. The summed E-state index contributed by atoms with van der Waals surface area (Å²) >= 11 is 0. The fourth-order valence-corrected chi connectivity index (χ4v) is 4.23. The molecule has 2 fully saturated rings. The average molecular weight is 281 g/mol. The van der Waals surface area contributed by atoms with Crippen LogP contribution in [-0.4, -0.2) is 24.7 Å². The lowest BCUT2D eigenvalue weighted by Crippen LogP contribution is -2.59. The number of hydrogen-bond acceptors (Lipinski definition) is 3. The first-order valence-electron chi connectivity index (χ1n) is 8.34. The Hall–Kier alpha value is -0.570. The zero-order valence-corrected chi connectivity index (χ0v) is 13.5. The minimum Gasteiger partial charge on any atom is -0.468 e. The highest BCUT2D eigenvalue weighted by Gasteiger charge is 2.47. The molecule has 0 saturated heterocycles. The smallest absolute Gasteiger partial charge is 0.326 e. The number of methoxy groups -OCH3 is 1. The van der Waals surface area contributed by atoms with Crippen molar-refractivity contribution in [3.63, 3.8) is 0 Å². The third-order valence-electron chi connectivity index (χ3n) is 5.15. The van der Waals surface area contributed by atoms with Gasteiger partial charge in [0.25, 0.3) is 0 Å². The first kappa shape index (κ1) is 15.8. The van der Waals surface area contributed by atoms with Gasteiger partial charge in [-0.2, -0.15) is 0 Å². The van der Waals surface area contributed by atoms with E-state index in [1.54, 1.807) is 0 Å². The van der Waals surface area contributed by atoms with Crippen molar-refractivity contribution in [2.75, 3.05) is 7.11 Å². The standard InChI is InChI=1S/C17H31NO2/c1-16(2)11-8-12-17(13-16,15(19)20-3)18-14-9-6-4-5-7-10-14/h14,18H,4-13H2,1-3H3. The molecule has 0 aromatic heterocycles. The number of ether oxygens (including phenoxy) is 1. The SMILES string of the molecule is COC(=O)C1(NC2CCCCCC2)CCCC(C)(C)C1. The van der Waals surface area contributed by atoms with E-state index in [1.165, 1.54) is 52.1 Å². The Labute approximate surface area is 123 Å². The van der Waals surface area contributed by atoms with Crippen molar-refractivity contribution in [3.05, 3.63) is 0 Å². The fourth-order valence-electron chi connectivity index (χ4n) is 4.23. The highest BCUT2D eigenvalue weighted by Crippen LogP contribution is 2.42. The summed E-state index contributed by atoms with van der Waals surface area (Å²) in [4.78, 5) is 12.5. The van der Waals surface area contributed by atoms with Gasteiger partial charge in [-0.15, -0.1) is 0 Å². The number of hydrogen-bond donors (Lipinski definition) is 1. The molecular formula is C17H31NO2. The fraction of sp³-hybridized carbons (Fsp3) is 0.941. The van der Waals surface area contributed by atoms with E-state index in [2.05, 4.69) is 19.2 Å². The van der Waals surface area contributed by atoms with Gasteiger partial charge >= 0.3 is 5.97 Å². The van der Waals surface area contributed by atoms with Gasteiger partial charge in [-0.05, 0) is 37.5 Å². The molecule has 2 aliphatic rings. The molecule has 0 heterocycles. The van der Waals surface area contributed by atoms with Gasteiger partial charge in [0.2, 0.25) is 0 Å². The van der Waals surface area contributed by atoms with Crippen molar-refractivity contribution in [2.24, 2.45) is 5.41 Å². The molecule has 1 unspecified atom stereocenters. The predicted molar refractivity (Wildman–Crippen MR) is 81.6 cm³/mol. The Morgan fingerprint density at radius 1 is 1.05 bits per heavy atom. The summed E-state index contributed by atoms with van der Waals surface area (Å²) in [6.45, 7) is 4.55. The topological polar surface area (TPSA) is 38.3 Å². The van der Waals surface area contributed by atoms with Crippen LogP contribution in [0.3, 0.4) is 0 Å². The second kappa shape index (κ2) is 6.46. The zero-order valence-electron chi connectivity index (χ0n) is 13.5. The van der Waals surface area contributed by atoms with Crippen molar-refractivity contribution in [2.45, 2.75) is 89.6 Å². The second-order valence-corrected chi connectivity index (χ2v) is 7.60. The summed E-state index contributed by atoms with van der Waals surface area (Å²) in [6.07, 6.45) is 11.8. The maximum absolute atomic E-state index is 12.5. The molecule has 0 aromatic carbocycles. The maximum atomic E-state index is 12.5. The van der Waals surface area contributed by atoms with Crippen molar-refractivity contribution in [1.82, 2.24) is 5.32 Å². The Bertz CT molecular complexity index is 332. The molecule has 1 N–H and O–H groups in total. The highest BCUT2D eigenvalue weighted by molar-refractivity contribution is 5.81. The summed E-state index contributed by atoms with van der Waals surface area (Å²) in [5.74, 6) is -0.0467. The van der Waals surface area contributed by atoms with Crippen molar-refractivity contribution in [1.29, 1.82) is 0 Å². The van der Waals surface area contributed by atoms with Crippen molar-refractivity contribution in [3.8, 4) is 0 Å². The van der Waals surface area contributed by atoms with Crippen LogP contribution in [0.15, 0.2) is 0 Å². The number of esters is 1. The van der Waals surface area contributed by atoms with Gasteiger partial charge in [-0.25, -0.2) is 0 Å². The van der Waals surface area contributed by atoms with Crippen LogP contribution in [-0.2, 0) is 9.53 Å². The van der Waals surface area contributed by atoms with E-state index >= 15 is 0 Å². The molecule has 0 bridgehead atoms. The molecule has 3 heteroatoms.